The van der Waals surface area contributed by atoms with Crippen LogP contribution in [0.25, 0.3) is 0 Å². The Labute approximate surface area is 188 Å². The highest BCUT2D eigenvalue weighted by Crippen LogP contribution is 2.59. The number of nitriles is 1. The van der Waals surface area contributed by atoms with Crippen molar-refractivity contribution < 1.29 is 9.59 Å². The van der Waals surface area contributed by atoms with Crippen molar-refractivity contribution >= 4 is 23.2 Å². The van der Waals surface area contributed by atoms with E-state index in [1.165, 1.54) is 0 Å². The summed E-state index contributed by atoms with van der Waals surface area (Å²) in [5.74, 6) is 0.530. The summed E-state index contributed by atoms with van der Waals surface area (Å²) in [4.78, 5) is 29.5. The first-order valence-electron chi connectivity index (χ1n) is 11.0. The van der Waals surface area contributed by atoms with Crippen LogP contribution < -0.4 is 10.2 Å². The molecule has 1 aromatic heterocycles. The molecule has 6 heteroatoms. The molecule has 0 radical (unpaired) electrons. The van der Waals surface area contributed by atoms with Crippen molar-refractivity contribution in [2.24, 2.45) is 5.41 Å². The standard InChI is InChI=1S/C26H28N4O2/c1-24(2,3)30-14-15(13-27)20-22(30)28-17-11-25(4,5)12-19(31)21(17)26(20)16-9-7-8-10-18(16)29(6)23(26)32/h7-10,14,28H,11-12H2,1-6H3/t26-/m1/s1. The number of likely N-dealkylation sites (N-methyl/N-ethyl adjacent to an activating group) is 1. The first kappa shape index (κ1) is 20.6. The number of carbonyl (C=O) groups is 2. The van der Waals surface area contributed by atoms with E-state index in [1.54, 1.807) is 11.9 Å². The average molecular weight is 429 g/mol. The minimum Gasteiger partial charge on any atom is -0.344 e. The van der Waals surface area contributed by atoms with Gasteiger partial charge < -0.3 is 14.8 Å². The summed E-state index contributed by atoms with van der Waals surface area (Å²) in [6, 6.07) is 9.97. The van der Waals surface area contributed by atoms with Crippen LogP contribution in [0, 0.1) is 16.7 Å². The molecule has 1 aromatic carbocycles. The van der Waals surface area contributed by atoms with Crippen molar-refractivity contribution in [3.05, 3.63) is 58.4 Å². The Morgan fingerprint density at radius 3 is 2.47 bits per heavy atom. The molecule has 0 bridgehead atoms. The first-order valence-corrected chi connectivity index (χ1v) is 11.0. The van der Waals surface area contributed by atoms with E-state index in [9.17, 15) is 14.9 Å². The van der Waals surface area contributed by atoms with Crippen molar-refractivity contribution in [3.63, 3.8) is 0 Å². The molecule has 0 unspecified atom stereocenters. The number of benzene rings is 1. The third-order valence-corrected chi connectivity index (χ3v) is 7.04. The van der Waals surface area contributed by atoms with Gasteiger partial charge in [-0.15, -0.1) is 0 Å². The molecule has 0 saturated heterocycles. The maximum Gasteiger partial charge on any atom is 0.246 e. The predicted molar refractivity (Wildman–Crippen MR) is 123 cm³/mol. The second-order valence-electron chi connectivity index (χ2n) is 11.0. The lowest BCUT2D eigenvalue weighted by Gasteiger charge is -2.43. The summed E-state index contributed by atoms with van der Waals surface area (Å²) in [5, 5.41) is 13.7. The SMILES string of the molecule is CN1C(=O)[C@]2(C3=C(CC(C)(C)CC3=O)Nc3c2c(C#N)cn3C(C)(C)C)c2ccccc21. The third kappa shape index (κ3) is 2.39. The molecule has 2 aromatic rings. The van der Waals surface area contributed by atoms with Crippen LogP contribution in [0.3, 0.4) is 0 Å². The van der Waals surface area contributed by atoms with Gasteiger partial charge in [-0.3, -0.25) is 9.59 Å². The Balaban J connectivity index is 1.97. The topological polar surface area (TPSA) is 78.1 Å². The average Bonchev–Trinajstić information content (AvgIpc) is 3.17. The zero-order chi connectivity index (χ0) is 23.2. The lowest BCUT2D eigenvalue weighted by molar-refractivity contribution is -0.124. The van der Waals surface area contributed by atoms with E-state index < -0.39 is 5.41 Å². The van der Waals surface area contributed by atoms with E-state index in [-0.39, 0.29) is 22.6 Å². The highest BCUT2D eigenvalue weighted by atomic mass is 16.2. The van der Waals surface area contributed by atoms with Gasteiger partial charge >= 0.3 is 0 Å². The van der Waals surface area contributed by atoms with Crippen LogP contribution in [0.15, 0.2) is 41.7 Å². The summed E-state index contributed by atoms with van der Waals surface area (Å²) in [7, 11) is 1.75. The van der Waals surface area contributed by atoms with Crippen LogP contribution in [0.4, 0.5) is 11.5 Å². The molecule has 1 aliphatic carbocycles. The van der Waals surface area contributed by atoms with Gasteiger partial charge in [0.05, 0.1) is 5.56 Å². The van der Waals surface area contributed by atoms with Gasteiger partial charge in [-0.1, -0.05) is 32.0 Å². The summed E-state index contributed by atoms with van der Waals surface area (Å²) in [6.45, 7) is 10.4. The molecular weight excluding hydrogens is 400 g/mol. The number of hydrogen-bond donors (Lipinski definition) is 1. The molecule has 3 aliphatic rings. The van der Waals surface area contributed by atoms with Crippen molar-refractivity contribution in [2.75, 3.05) is 17.3 Å². The van der Waals surface area contributed by atoms with E-state index in [2.05, 4.69) is 46.0 Å². The van der Waals surface area contributed by atoms with Gasteiger partial charge in [0.2, 0.25) is 5.91 Å². The number of aromatic nitrogens is 1. The summed E-state index contributed by atoms with van der Waals surface area (Å²) in [6.07, 6.45) is 2.85. The van der Waals surface area contributed by atoms with Gasteiger partial charge in [0.1, 0.15) is 17.3 Å². The van der Waals surface area contributed by atoms with Gasteiger partial charge in [0, 0.05) is 53.3 Å². The number of fused-ring (bicyclic) bond motifs is 5. The molecule has 5 rings (SSSR count). The van der Waals surface area contributed by atoms with Gasteiger partial charge in [0.25, 0.3) is 0 Å². The molecule has 0 saturated carbocycles. The Morgan fingerprint density at radius 1 is 1.12 bits per heavy atom. The van der Waals surface area contributed by atoms with E-state index in [4.69, 9.17) is 0 Å². The largest absolute Gasteiger partial charge is 0.344 e. The number of nitrogens with one attached hydrogen (secondary N) is 1. The third-order valence-electron chi connectivity index (χ3n) is 7.04. The highest BCUT2D eigenvalue weighted by molar-refractivity contribution is 6.21. The van der Waals surface area contributed by atoms with E-state index in [0.717, 1.165) is 22.8 Å². The minimum absolute atomic E-state index is 0.0275. The van der Waals surface area contributed by atoms with Crippen LogP contribution >= 0.6 is 0 Å². The predicted octanol–water partition coefficient (Wildman–Crippen LogP) is 4.45. The molecule has 1 atom stereocenters. The van der Waals surface area contributed by atoms with E-state index >= 15 is 0 Å². The summed E-state index contributed by atoms with van der Waals surface area (Å²) >= 11 is 0. The number of carbonyl (C=O) groups excluding carboxylic acids is 2. The molecule has 3 heterocycles. The lowest BCUT2D eigenvalue weighted by Crippen LogP contribution is -2.49. The number of hydrogen-bond acceptors (Lipinski definition) is 4. The molecule has 164 valence electrons. The molecular formula is C26H28N4O2. The molecule has 0 fully saturated rings. The zero-order valence-electron chi connectivity index (χ0n) is 19.5. The zero-order valence-corrected chi connectivity index (χ0v) is 19.5. The summed E-state index contributed by atoms with van der Waals surface area (Å²) in [5.41, 5.74) is 2.03. The molecule has 32 heavy (non-hydrogen) atoms. The van der Waals surface area contributed by atoms with Gasteiger partial charge in [-0.25, -0.2) is 0 Å². The lowest BCUT2D eigenvalue weighted by atomic mass is 9.61. The van der Waals surface area contributed by atoms with Crippen LogP contribution in [0.5, 0.6) is 0 Å². The molecule has 6 nitrogen and oxygen atoms in total. The number of Topliss-reactive ketones (excluding diaryl/α,β-unsaturated/α-hetero) is 1. The van der Waals surface area contributed by atoms with Crippen molar-refractivity contribution in [1.82, 2.24) is 4.57 Å². The fourth-order valence-electron chi connectivity index (χ4n) is 5.80. The van der Waals surface area contributed by atoms with Gasteiger partial charge in [-0.05, 0) is 38.7 Å². The molecule has 1 spiro atoms. The normalized spacial score (nSPS) is 23.6. The van der Waals surface area contributed by atoms with Crippen molar-refractivity contribution in [3.8, 4) is 6.07 Å². The van der Waals surface area contributed by atoms with Crippen LogP contribution in [0.1, 0.15) is 64.2 Å². The number of anilines is 2. The second kappa shape index (κ2) is 6.13. The van der Waals surface area contributed by atoms with E-state index in [1.807, 2.05) is 35.0 Å². The quantitative estimate of drug-likeness (QED) is 0.673. The smallest absolute Gasteiger partial charge is 0.246 e. The number of para-hydroxylation sites is 1. The maximum absolute atomic E-state index is 14.2. The molecule has 1 N–H and O–H groups in total. The van der Waals surface area contributed by atoms with Crippen molar-refractivity contribution in [2.45, 2.75) is 58.4 Å². The maximum atomic E-state index is 14.2. The van der Waals surface area contributed by atoms with Crippen molar-refractivity contribution in [1.29, 1.82) is 5.26 Å². The minimum atomic E-state index is -1.31. The van der Waals surface area contributed by atoms with Gasteiger partial charge in [0.15, 0.2) is 5.78 Å². The number of nitrogens with zero attached hydrogens (tertiary/aromatic N) is 3. The van der Waals surface area contributed by atoms with Crippen LogP contribution in [-0.4, -0.2) is 23.3 Å². The van der Waals surface area contributed by atoms with Gasteiger partial charge in [-0.2, -0.15) is 5.26 Å². The number of allylic oxidation sites excluding steroid dienone is 1. The van der Waals surface area contributed by atoms with Crippen LogP contribution in [0.2, 0.25) is 0 Å². The second-order valence-corrected chi connectivity index (χ2v) is 11.0. The molecule has 1 amide bonds. The van der Waals surface area contributed by atoms with E-state index in [0.29, 0.717) is 29.5 Å². The fourth-order valence-corrected chi connectivity index (χ4v) is 5.80. The first-order chi connectivity index (χ1) is 14.9. The highest BCUT2D eigenvalue weighted by Gasteiger charge is 2.62. The monoisotopic (exact) mass is 428 g/mol. The number of ketones is 1. The number of amides is 1. The number of rotatable bonds is 0. The Bertz CT molecular complexity index is 1280. The molecule has 2 aliphatic heterocycles. The Kier molecular flexibility index (Phi) is 3.94. The Morgan fingerprint density at radius 2 is 1.81 bits per heavy atom. The Hall–Kier alpha value is -3.33. The van der Waals surface area contributed by atoms with Crippen LogP contribution in [-0.2, 0) is 20.5 Å². The fraction of sp³-hybridized carbons (Fsp3) is 0.423. The summed E-state index contributed by atoms with van der Waals surface area (Å²) < 4.78 is 2.03.